The number of carbonyl (C=O) groups excluding carboxylic acids is 1. The van der Waals surface area contributed by atoms with Crippen LogP contribution in [-0.2, 0) is 4.79 Å². The van der Waals surface area contributed by atoms with Gasteiger partial charge in [0.1, 0.15) is 0 Å². The van der Waals surface area contributed by atoms with E-state index in [0.717, 1.165) is 32.7 Å². The lowest BCUT2D eigenvalue weighted by Crippen LogP contribution is -2.45. The van der Waals surface area contributed by atoms with Crippen LogP contribution in [0.1, 0.15) is 44.9 Å². The second-order valence-corrected chi connectivity index (χ2v) is 5.60. The molecule has 0 bridgehead atoms. The lowest BCUT2D eigenvalue weighted by molar-refractivity contribution is -0.122. The van der Waals surface area contributed by atoms with Gasteiger partial charge in [-0.2, -0.15) is 0 Å². The Kier molecular flexibility index (Phi) is 5.94. The average molecular weight is 253 g/mol. The van der Waals surface area contributed by atoms with Crippen molar-refractivity contribution in [2.75, 3.05) is 32.7 Å². The normalized spacial score (nSPS) is 23.6. The fourth-order valence-corrected chi connectivity index (χ4v) is 2.92. The molecule has 0 atom stereocenters. The predicted octanol–water partition coefficient (Wildman–Crippen LogP) is 1.12. The number of amides is 1. The topological polar surface area (TPSA) is 44.4 Å². The van der Waals surface area contributed by atoms with E-state index in [4.69, 9.17) is 0 Å². The fourth-order valence-electron chi connectivity index (χ4n) is 2.92. The van der Waals surface area contributed by atoms with Gasteiger partial charge < -0.3 is 15.5 Å². The van der Waals surface area contributed by atoms with Crippen molar-refractivity contribution < 1.29 is 4.79 Å². The van der Waals surface area contributed by atoms with Gasteiger partial charge in [0.2, 0.25) is 5.91 Å². The Morgan fingerprint density at radius 2 is 1.78 bits per heavy atom. The number of carbonyl (C=O) groups is 1. The third-order valence-corrected chi connectivity index (χ3v) is 4.08. The van der Waals surface area contributed by atoms with E-state index in [1.54, 1.807) is 0 Å². The highest BCUT2D eigenvalue weighted by Crippen LogP contribution is 2.17. The van der Waals surface area contributed by atoms with Gasteiger partial charge in [-0.1, -0.05) is 25.7 Å². The molecule has 1 heterocycles. The molecule has 0 aromatic heterocycles. The molecule has 1 saturated carbocycles. The van der Waals surface area contributed by atoms with E-state index in [9.17, 15) is 4.79 Å². The summed E-state index contributed by atoms with van der Waals surface area (Å²) in [4.78, 5) is 14.3. The first-order valence-corrected chi connectivity index (χ1v) is 7.57. The smallest absolute Gasteiger partial charge is 0.221 e. The minimum atomic E-state index is 0.250. The molecule has 0 spiro atoms. The standard InChI is InChI=1S/C14H27N3O/c18-14(7-10-17-11-8-15-9-12-17)16-13-5-3-1-2-4-6-13/h13,15H,1-12H2,(H,16,18). The van der Waals surface area contributed by atoms with Gasteiger partial charge in [0, 0.05) is 45.2 Å². The van der Waals surface area contributed by atoms with E-state index in [-0.39, 0.29) is 5.91 Å². The molecule has 0 aromatic carbocycles. The molecule has 2 N–H and O–H groups in total. The molecule has 4 nitrogen and oxygen atoms in total. The molecule has 1 amide bonds. The van der Waals surface area contributed by atoms with Gasteiger partial charge in [0.05, 0.1) is 0 Å². The molecule has 1 aliphatic carbocycles. The first-order chi connectivity index (χ1) is 8.84. The van der Waals surface area contributed by atoms with Crippen molar-refractivity contribution in [3.63, 3.8) is 0 Å². The summed E-state index contributed by atoms with van der Waals surface area (Å²) in [6.07, 6.45) is 8.26. The Bertz CT molecular complexity index is 243. The molecule has 2 aliphatic rings. The SMILES string of the molecule is O=C(CCN1CCNCC1)NC1CCCCCC1. The van der Waals surface area contributed by atoms with Crippen molar-refractivity contribution in [1.29, 1.82) is 0 Å². The van der Waals surface area contributed by atoms with E-state index < -0.39 is 0 Å². The first-order valence-electron chi connectivity index (χ1n) is 7.57. The van der Waals surface area contributed by atoms with Gasteiger partial charge in [0.15, 0.2) is 0 Å². The highest BCUT2D eigenvalue weighted by molar-refractivity contribution is 5.76. The highest BCUT2D eigenvalue weighted by Gasteiger charge is 2.16. The van der Waals surface area contributed by atoms with E-state index in [1.165, 1.54) is 38.5 Å². The van der Waals surface area contributed by atoms with Gasteiger partial charge in [-0.05, 0) is 12.8 Å². The van der Waals surface area contributed by atoms with Gasteiger partial charge in [-0.25, -0.2) is 0 Å². The van der Waals surface area contributed by atoms with Crippen molar-refractivity contribution in [3.8, 4) is 0 Å². The van der Waals surface area contributed by atoms with Crippen LogP contribution in [-0.4, -0.2) is 49.6 Å². The third kappa shape index (κ3) is 4.94. The molecule has 1 saturated heterocycles. The minimum absolute atomic E-state index is 0.250. The largest absolute Gasteiger partial charge is 0.353 e. The summed E-state index contributed by atoms with van der Waals surface area (Å²) in [7, 11) is 0. The Morgan fingerprint density at radius 1 is 1.11 bits per heavy atom. The first kappa shape index (κ1) is 13.8. The molecule has 0 aromatic rings. The number of rotatable bonds is 4. The monoisotopic (exact) mass is 253 g/mol. The summed E-state index contributed by atoms with van der Waals surface area (Å²) in [6.45, 7) is 5.20. The summed E-state index contributed by atoms with van der Waals surface area (Å²) in [6, 6.07) is 0.447. The summed E-state index contributed by atoms with van der Waals surface area (Å²) >= 11 is 0. The molecule has 4 heteroatoms. The number of nitrogens with one attached hydrogen (secondary N) is 2. The minimum Gasteiger partial charge on any atom is -0.353 e. The zero-order chi connectivity index (χ0) is 12.6. The van der Waals surface area contributed by atoms with Crippen LogP contribution in [0.3, 0.4) is 0 Å². The van der Waals surface area contributed by atoms with Crippen molar-refractivity contribution in [1.82, 2.24) is 15.5 Å². The van der Waals surface area contributed by atoms with Gasteiger partial charge >= 0.3 is 0 Å². The van der Waals surface area contributed by atoms with Gasteiger partial charge in [-0.15, -0.1) is 0 Å². The van der Waals surface area contributed by atoms with Crippen molar-refractivity contribution >= 4 is 5.91 Å². The van der Waals surface area contributed by atoms with Crippen LogP contribution in [0.4, 0.5) is 0 Å². The summed E-state index contributed by atoms with van der Waals surface area (Å²) < 4.78 is 0. The predicted molar refractivity (Wildman–Crippen MR) is 73.6 cm³/mol. The molecule has 2 rings (SSSR count). The maximum absolute atomic E-state index is 11.9. The maximum atomic E-state index is 11.9. The van der Waals surface area contributed by atoms with E-state index in [1.807, 2.05) is 0 Å². The van der Waals surface area contributed by atoms with Gasteiger partial charge in [-0.3, -0.25) is 4.79 Å². The fraction of sp³-hybridized carbons (Fsp3) is 0.929. The Balaban J connectivity index is 1.61. The van der Waals surface area contributed by atoms with Crippen LogP contribution < -0.4 is 10.6 Å². The Hall–Kier alpha value is -0.610. The number of hydrogen-bond donors (Lipinski definition) is 2. The summed E-state index contributed by atoms with van der Waals surface area (Å²) in [5, 5.41) is 6.55. The zero-order valence-electron chi connectivity index (χ0n) is 11.4. The van der Waals surface area contributed by atoms with E-state index >= 15 is 0 Å². The number of hydrogen-bond acceptors (Lipinski definition) is 3. The molecule has 2 fully saturated rings. The summed E-state index contributed by atoms with van der Waals surface area (Å²) in [5.74, 6) is 0.250. The maximum Gasteiger partial charge on any atom is 0.221 e. The quantitative estimate of drug-likeness (QED) is 0.738. The molecular formula is C14H27N3O. The van der Waals surface area contributed by atoms with Gasteiger partial charge in [0.25, 0.3) is 0 Å². The molecule has 18 heavy (non-hydrogen) atoms. The van der Waals surface area contributed by atoms with Crippen molar-refractivity contribution in [2.24, 2.45) is 0 Å². The zero-order valence-corrected chi connectivity index (χ0v) is 11.4. The molecular weight excluding hydrogens is 226 g/mol. The molecule has 1 aliphatic heterocycles. The van der Waals surface area contributed by atoms with Crippen LogP contribution in [0.2, 0.25) is 0 Å². The van der Waals surface area contributed by atoms with Crippen LogP contribution in [0.25, 0.3) is 0 Å². The Labute approximate surface area is 110 Å². The molecule has 0 unspecified atom stereocenters. The van der Waals surface area contributed by atoms with Crippen LogP contribution in [0.15, 0.2) is 0 Å². The van der Waals surface area contributed by atoms with E-state index in [0.29, 0.717) is 12.5 Å². The Morgan fingerprint density at radius 3 is 2.44 bits per heavy atom. The molecule has 104 valence electrons. The highest BCUT2D eigenvalue weighted by atomic mass is 16.1. The number of nitrogens with zero attached hydrogens (tertiary/aromatic N) is 1. The van der Waals surface area contributed by atoms with Crippen molar-refractivity contribution in [2.45, 2.75) is 51.0 Å². The average Bonchev–Trinajstić information content (AvgIpc) is 2.66. The number of piperazine rings is 1. The summed E-state index contributed by atoms with van der Waals surface area (Å²) in [5.41, 5.74) is 0. The lowest BCUT2D eigenvalue weighted by atomic mass is 10.1. The van der Waals surface area contributed by atoms with E-state index in [2.05, 4.69) is 15.5 Å². The third-order valence-electron chi connectivity index (χ3n) is 4.08. The van der Waals surface area contributed by atoms with Crippen LogP contribution >= 0.6 is 0 Å². The van der Waals surface area contributed by atoms with Crippen LogP contribution in [0, 0.1) is 0 Å². The van der Waals surface area contributed by atoms with Crippen LogP contribution in [0.5, 0.6) is 0 Å². The van der Waals surface area contributed by atoms with Crippen molar-refractivity contribution in [3.05, 3.63) is 0 Å². The lowest BCUT2D eigenvalue weighted by Gasteiger charge is -2.27. The second kappa shape index (κ2) is 7.74. The second-order valence-electron chi connectivity index (χ2n) is 5.60. The molecule has 0 radical (unpaired) electrons.